The van der Waals surface area contributed by atoms with Crippen LogP contribution in [-0.2, 0) is 12.7 Å². The van der Waals surface area contributed by atoms with Crippen LogP contribution in [0.25, 0.3) is 0 Å². The average molecular weight is 271 g/mol. The molecule has 0 amide bonds. The van der Waals surface area contributed by atoms with Crippen LogP contribution in [0.1, 0.15) is 43.7 Å². The minimum Gasteiger partial charge on any atom is -0.310 e. The van der Waals surface area contributed by atoms with Gasteiger partial charge in [-0.2, -0.15) is 13.2 Å². The van der Waals surface area contributed by atoms with Crippen LogP contribution in [0.2, 0.25) is 0 Å². The van der Waals surface area contributed by atoms with E-state index < -0.39 is 11.7 Å². The smallest absolute Gasteiger partial charge is 0.310 e. The Kier molecular flexibility index (Phi) is 4.50. The average Bonchev–Trinajstić information content (AvgIpc) is 2.37. The normalized spacial score (nSPS) is 24.4. The molecule has 0 radical (unpaired) electrons. The summed E-state index contributed by atoms with van der Waals surface area (Å²) >= 11 is 0. The van der Waals surface area contributed by atoms with Crippen molar-refractivity contribution in [3.05, 3.63) is 35.4 Å². The van der Waals surface area contributed by atoms with Crippen molar-refractivity contribution in [2.75, 3.05) is 0 Å². The summed E-state index contributed by atoms with van der Waals surface area (Å²) in [6.45, 7) is 2.72. The maximum absolute atomic E-state index is 12.6. The lowest BCUT2D eigenvalue weighted by Crippen LogP contribution is -2.36. The molecule has 1 aromatic carbocycles. The van der Waals surface area contributed by atoms with Crippen molar-refractivity contribution in [1.29, 1.82) is 0 Å². The summed E-state index contributed by atoms with van der Waals surface area (Å²) < 4.78 is 37.8. The van der Waals surface area contributed by atoms with Gasteiger partial charge in [-0.25, -0.2) is 0 Å². The monoisotopic (exact) mass is 271 g/mol. The molecule has 4 heteroatoms. The zero-order chi connectivity index (χ0) is 13.9. The van der Waals surface area contributed by atoms with Crippen molar-refractivity contribution in [2.45, 2.75) is 51.4 Å². The summed E-state index contributed by atoms with van der Waals surface area (Å²) in [5, 5.41) is 3.40. The van der Waals surface area contributed by atoms with Crippen molar-refractivity contribution in [1.82, 2.24) is 5.32 Å². The van der Waals surface area contributed by atoms with Crippen molar-refractivity contribution in [3.8, 4) is 0 Å². The third-order valence-corrected chi connectivity index (χ3v) is 3.93. The molecule has 1 aromatic rings. The Bertz CT molecular complexity index is 414. The second kappa shape index (κ2) is 5.95. The largest absolute Gasteiger partial charge is 0.416 e. The number of halogens is 3. The van der Waals surface area contributed by atoms with Gasteiger partial charge in [0.15, 0.2) is 0 Å². The maximum Gasteiger partial charge on any atom is 0.416 e. The highest BCUT2D eigenvalue weighted by molar-refractivity contribution is 5.25. The first-order valence-electron chi connectivity index (χ1n) is 6.86. The summed E-state index contributed by atoms with van der Waals surface area (Å²) in [5.41, 5.74) is 0.135. The molecular formula is C15H20F3N. The molecule has 1 N–H and O–H groups in total. The first kappa shape index (κ1) is 14.4. The molecule has 1 nitrogen and oxygen atoms in total. The molecule has 1 aliphatic rings. The van der Waals surface area contributed by atoms with Crippen molar-refractivity contribution in [3.63, 3.8) is 0 Å². The summed E-state index contributed by atoms with van der Waals surface area (Å²) in [6.07, 6.45) is 0.558. The van der Waals surface area contributed by atoms with Gasteiger partial charge in [0.05, 0.1) is 5.56 Å². The highest BCUT2D eigenvalue weighted by Crippen LogP contribution is 2.29. The molecule has 0 bridgehead atoms. The van der Waals surface area contributed by atoms with Gasteiger partial charge in [0, 0.05) is 12.6 Å². The molecule has 0 spiro atoms. The van der Waals surface area contributed by atoms with Crippen LogP contribution in [-0.4, -0.2) is 6.04 Å². The molecular weight excluding hydrogens is 251 g/mol. The van der Waals surface area contributed by atoms with Gasteiger partial charge in [-0.05, 0) is 30.4 Å². The molecule has 0 aliphatic heterocycles. The van der Waals surface area contributed by atoms with Crippen LogP contribution in [0, 0.1) is 5.92 Å². The summed E-state index contributed by atoms with van der Waals surface area (Å²) in [7, 11) is 0. The molecule has 1 saturated carbocycles. The SMILES string of the molecule is CC1CCCCC1NCc1cccc(C(F)(F)F)c1. The number of hydrogen-bond donors (Lipinski definition) is 1. The van der Waals surface area contributed by atoms with E-state index in [9.17, 15) is 13.2 Å². The Balaban J connectivity index is 1.96. The van der Waals surface area contributed by atoms with Crippen molar-refractivity contribution < 1.29 is 13.2 Å². The predicted octanol–water partition coefficient (Wildman–Crippen LogP) is 4.37. The Hall–Kier alpha value is -1.03. The maximum atomic E-state index is 12.6. The number of benzene rings is 1. The van der Waals surface area contributed by atoms with Gasteiger partial charge >= 0.3 is 6.18 Å². The second-order valence-electron chi connectivity index (χ2n) is 5.45. The molecule has 1 aliphatic carbocycles. The lowest BCUT2D eigenvalue weighted by Gasteiger charge is -2.29. The summed E-state index contributed by atoms with van der Waals surface area (Å²) in [6, 6.07) is 6.01. The first-order valence-corrected chi connectivity index (χ1v) is 6.86. The molecule has 2 atom stereocenters. The van der Waals surface area contributed by atoms with E-state index in [1.807, 2.05) is 0 Å². The molecule has 0 saturated heterocycles. The minimum atomic E-state index is -4.26. The molecule has 106 valence electrons. The van der Waals surface area contributed by atoms with Gasteiger partial charge in [0.2, 0.25) is 0 Å². The molecule has 19 heavy (non-hydrogen) atoms. The van der Waals surface area contributed by atoms with Crippen LogP contribution in [0.15, 0.2) is 24.3 Å². The third kappa shape index (κ3) is 3.96. The minimum absolute atomic E-state index is 0.434. The van der Waals surface area contributed by atoms with E-state index in [1.165, 1.54) is 31.4 Å². The van der Waals surface area contributed by atoms with E-state index in [1.54, 1.807) is 6.07 Å². The summed E-state index contributed by atoms with van der Waals surface area (Å²) in [5.74, 6) is 0.611. The van der Waals surface area contributed by atoms with Crippen LogP contribution in [0.3, 0.4) is 0 Å². The van der Waals surface area contributed by atoms with E-state index in [-0.39, 0.29) is 0 Å². The van der Waals surface area contributed by atoms with Gasteiger partial charge in [0.1, 0.15) is 0 Å². The van der Waals surface area contributed by atoms with E-state index in [4.69, 9.17) is 0 Å². The first-order chi connectivity index (χ1) is 8.97. The topological polar surface area (TPSA) is 12.0 Å². The Labute approximate surface area is 112 Å². The Morgan fingerprint density at radius 3 is 2.63 bits per heavy atom. The number of hydrogen-bond acceptors (Lipinski definition) is 1. The highest BCUT2D eigenvalue weighted by Gasteiger charge is 2.30. The van der Waals surface area contributed by atoms with E-state index >= 15 is 0 Å². The quantitative estimate of drug-likeness (QED) is 0.860. The fourth-order valence-corrected chi connectivity index (χ4v) is 2.73. The Morgan fingerprint density at radius 2 is 1.95 bits per heavy atom. The van der Waals surface area contributed by atoms with Crippen molar-refractivity contribution >= 4 is 0 Å². The van der Waals surface area contributed by atoms with Gasteiger partial charge in [0.25, 0.3) is 0 Å². The van der Waals surface area contributed by atoms with Gasteiger partial charge in [-0.1, -0.05) is 38.0 Å². The fourth-order valence-electron chi connectivity index (χ4n) is 2.73. The molecule has 2 rings (SSSR count). The van der Waals surface area contributed by atoms with Crippen LogP contribution < -0.4 is 5.32 Å². The highest BCUT2D eigenvalue weighted by atomic mass is 19.4. The Morgan fingerprint density at radius 1 is 1.21 bits per heavy atom. The second-order valence-corrected chi connectivity index (χ2v) is 5.45. The lowest BCUT2D eigenvalue weighted by atomic mass is 9.86. The van der Waals surface area contributed by atoms with Crippen LogP contribution >= 0.6 is 0 Å². The molecule has 1 fully saturated rings. The molecule has 0 aromatic heterocycles. The lowest BCUT2D eigenvalue weighted by molar-refractivity contribution is -0.137. The zero-order valence-corrected chi connectivity index (χ0v) is 11.1. The standard InChI is InChI=1S/C15H20F3N/c1-11-5-2-3-8-14(11)19-10-12-6-4-7-13(9-12)15(16,17)18/h4,6-7,9,11,14,19H,2-3,5,8,10H2,1H3. The molecule has 0 heterocycles. The van der Waals surface area contributed by atoms with Gasteiger partial charge in [-0.15, -0.1) is 0 Å². The van der Waals surface area contributed by atoms with Gasteiger partial charge < -0.3 is 5.32 Å². The molecule has 2 unspecified atom stereocenters. The zero-order valence-electron chi connectivity index (χ0n) is 11.1. The van der Waals surface area contributed by atoms with Crippen LogP contribution in [0.5, 0.6) is 0 Å². The van der Waals surface area contributed by atoms with E-state index in [0.29, 0.717) is 24.1 Å². The van der Waals surface area contributed by atoms with E-state index in [2.05, 4.69) is 12.2 Å². The number of alkyl halides is 3. The van der Waals surface area contributed by atoms with E-state index in [0.717, 1.165) is 12.5 Å². The van der Waals surface area contributed by atoms with Crippen LogP contribution in [0.4, 0.5) is 13.2 Å². The van der Waals surface area contributed by atoms with Gasteiger partial charge in [-0.3, -0.25) is 0 Å². The number of nitrogens with one attached hydrogen (secondary N) is 1. The predicted molar refractivity (Wildman–Crippen MR) is 69.7 cm³/mol. The number of rotatable bonds is 3. The third-order valence-electron chi connectivity index (χ3n) is 3.93. The fraction of sp³-hybridized carbons (Fsp3) is 0.600. The summed E-state index contributed by atoms with van der Waals surface area (Å²) in [4.78, 5) is 0. The van der Waals surface area contributed by atoms with Crippen molar-refractivity contribution in [2.24, 2.45) is 5.92 Å².